The average Bonchev–Trinajstić information content (AvgIpc) is 1.97. The molecule has 4 nitrogen and oxygen atoms in total. The van der Waals surface area contributed by atoms with Crippen LogP contribution in [0.1, 0.15) is 19.8 Å². The van der Waals surface area contributed by atoms with E-state index in [1.54, 1.807) is 0 Å². The Bertz CT molecular complexity index is 116. The van der Waals surface area contributed by atoms with E-state index in [4.69, 9.17) is 10.2 Å². The molecule has 0 saturated heterocycles. The van der Waals surface area contributed by atoms with Gasteiger partial charge in [0.2, 0.25) is 0 Å². The van der Waals surface area contributed by atoms with Gasteiger partial charge in [-0.05, 0) is 13.0 Å². The van der Waals surface area contributed by atoms with Crippen LogP contribution in [0.5, 0.6) is 0 Å². The van der Waals surface area contributed by atoms with Crippen molar-refractivity contribution in [3.63, 3.8) is 0 Å². The quantitative estimate of drug-likeness (QED) is 0.505. The van der Waals surface area contributed by atoms with Gasteiger partial charge in [-0.3, -0.25) is 4.79 Å². The Morgan fingerprint density at radius 1 is 1.64 bits per heavy atom. The van der Waals surface area contributed by atoms with Crippen molar-refractivity contribution in [2.75, 3.05) is 13.1 Å². The summed E-state index contributed by atoms with van der Waals surface area (Å²) in [4.78, 5) is 10.0. The second kappa shape index (κ2) is 6.12. The highest BCUT2D eigenvalue weighted by atomic mass is 16.4. The Morgan fingerprint density at radius 3 is 2.73 bits per heavy atom. The van der Waals surface area contributed by atoms with Crippen molar-refractivity contribution >= 4 is 5.97 Å². The Kier molecular flexibility index (Phi) is 5.78. The Labute approximate surface area is 66.2 Å². The topological polar surface area (TPSA) is 69.6 Å². The fourth-order valence-corrected chi connectivity index (χ4v) is 0.703. The Hall–Kier alpha value is -0.610. The van der Waals surface area contributed by atoms with Crippen LogP contribution in [0.15, 0.2) is 0 Å². The molecule has 0 aliphatic heterocycles. The van der Waals surface area contributed by atoms with Gasteiger partial charge in [0.15, 0.2) is 0 Å². The van der Waals surface area contributed by atoms with Crippen LogP contribution in [0.3, 0.4) is 0 Å². The lowest BCUT2D eigenvalue weighted by atomic mass is 10.2. The van der Waals surface area contributed by atoms with Crippen molar-refractivity contribution in [1.29, 1.82) is 0 Å². The first kappa shape index (κ1) is 10.4. The number of carbonyl (C=O) groups is 1. The molecular weight excluding hydrogens is 146 g/mol. The number of aliphatic carboxylic acids is 1. The smallest absolute Gasteiger partial charge is 0.303 e. The lowest BCUT2D eigenvalue weighted by Gasteiger charge is -2.08. The normalized spacial score (nSPS) is 12.9. The molecule has 0 bridgehead atoms. The minimum absolute atomic E-state index is 0.0343. The van der Waals surface area contributed by atoms with Crippen LogP contribution in [-0.2, 0) is 4.79 Å². The SMILES string of the molecule is CCNCC(O)CCC(=O)O. The van der Waals surface area contributed by atoms with Gasteiger partial charge in [0.1, 0.15) is 0 Å². The van der Waals surface area contributed by atoms with E-state index in [1.807, 2.05) is 6.92 Å². The minimum Gasteiger partial charge on any atom is -0.481 e. The van der Waals surface area contributed by atoms with E-state index < -0.39 is 12.1 Å². The summed E-state index contributed by atoms with van der Waals surface area (Å²) in [6.45, 7) is 3.21. The molecule has 0 radical (unpaired) electrons. The molecule has 0 aromatic rings. The first-order chi connectivity index (χ1) is 5.16. The molecule has 3 N–H and O–H groups in total. The molecule has 0 rings (SSSR count). The molecule has 0 aliphatic carbocycles. The van der Waals surface area contributed by atoms with Crippen LogP contribution in [0.2, 0.25) is 0 Å². The fraction of sp³-hybridized carbons (Fsp3) is 0.857. The minimum atomic E-state index is -0.861. The van der Waals surface area contributed by atoms with Crippen molar-refractivity contribution < 1.29 is 15.0 Å². The van der Waals surface area contributed by atoms with Crippen LogP contribution in [0, 0.1) is 0 Å². The number of aliphatic hydroxyl groups excluding tert-OH is 1. The molecule has 0 amide bonds. The number of likely N-dealkylation sites (N-methyl/N-ethyl adjacent to an activating group) is 1. The molecule has 0 aliphatic rings. The van der Waals surface area contributed by atoms with Gasteiger partial charge in [0.25, 0.3) is 0 Å². The van der Waals surface area contributed by atoms with Gasteiger partial charge in [-0.1, -0.05) is 6.92 Å². The molecule has 1 atom stereocenters. The third-order valence-electron chi connectivity index (χ3n) is 1.32. The van der Waals surface area contributed by atoms with Gasteiger partial charge in [-0.25, -0.2) is 0 Å². The number of carboxylic acids is 1. The number of hydrogen-bond donors (Lipinski definition) is 3. The van der Waals surface area contributed by atoms with E-state index in [0.717, 1.165) is 6.54 Å². The summed E-state index contributed by atoms with van der Waals surface area (Å²) in [6.07, 6.45) is -0.180. The summed E-state index contributed by atoms with van der Waals surface area (Å²) in [6, 6.07) is 0. The van der Waals surface area contributed by atoms with Gasteiger partial charge in [-0.2, -0.15) is 0 Å². The van der Waals surface area contributed by atoms with Crippen molar-refractivity contribution in [3.8, 4) is 0 Å². The number of hydrogen-bond acceptors (Lipinski definition) is 3. The molecule has 0 fully saturated rings. The fourth-order valence-electron chi connectivity index (χ4n) is 0.703. The van der Waals surface area contributed by atoms with E-state index in [0.29, 0.717) is 13.0 Å². The lowest BCUT2D eigenvalue weighted by Crippen LogP contribution is -2.26. The van der Waals surface area contributed by atoms with E-state index in [-0.39, 0.29) is 6.42 Å². The van der Waals surface area contributed by atoms with Crippen LogP contribution in [0.4, 0.5) is 0 Å². The van der Waals surface area contributed by atoms with Gasteiger partial charge in [-0.15, -0.1) is 0 Å². The van der Waals surface area contributed by atoms with E-state index >= 15 is 0 Å². The van der Waals surface area contributed by atoms with E-state index in [9.17, 15) is 4.79 Å². The molecule has 0 aromatic heterocycles. The summed E-state index contributed by atoms with van der Waals surface area (Å²) in [5.74, 6) is -0.861. The van der Waals surface area contributed by atoms with Crippen LogP contribution < -0.4 is 5.32 Å². The third kappa shape index (κ3) is 7.29. The molecule has 0 aromatic carbocycles. The van der Waals surface area contributed by atoms with Crippen molar-refractivity contribution in [2.45, 2.75) is 25.9 Å². The number of nitrogens with one attached hydrogen (secondary N) is 1. The molecule has 66 valence electrons. The zero-order chi connectivity index (χ0) is 8.69. The van der Waals surface area contributed by atoms with Crippen LogP contribution in [0.25, 0.3) is 0 Å². The molecule has 4 heteroatoms. The zero-order valence-corrected chi connectivity index (χ0v) is 6.71. The largest absolute Gasteiger partial charge is 0.481 e. The van der Waals surface area contributed by atoms with Crippen molar-refractivity contribution in [3.05, 3.63) is 0 Å². The summed E-state index contributed by atoms with van der Waals surface area (Å²) in [5.41, 5.74) is 0. The Balaban J connectivity index is 3.22. The number of rotatable bonds is 6. The molecule has 1 unspecified atom stereocenters. The van der Waals surface area contributed by atoms with Gasteiger partial charge < -0.3 is 15.5 Å². The standard InChI is InChI=1S/C7H15NO3/c1-2-8-5-6(9)3-4-7(10)11/h6,8-9H,2-5H2,1H3,(H,10,11). The summed E-state index contributed by atoms with van der Waals surface area (Å²) < 4.78 is 0. The molecular formula is C7H15NO3. The maximum absolute atomic E-state index is 10.0. The van der Waals surface area contributed by atoms with E-state index in [1.165, 1.54) is 0 Å². The van der Waals surface area contributed by atoms with Crippen LogP contribution >= 0.6 is 0 Å². The van der Waals surface area contributed by atoms with Crippen molar-refractivity contribution in [1.82, 2.24) is 5.32 Å². The lowest BCUT2D eigenvalue weighted by molar-refractivity contribution is -0.137. The van der Waals surface area contributed by atoms with Gasteiger partial charge in [0.05, 0.1) is 6.10 Å². The average molecular weight is 161 g/mol. The van der Waals surface area contributed by atoms with Gasteiger partial charge >= 0.3 is 5.97 Å². The third-order valence-corrected chi connectivity index (χ3v) is 1.32. The molecule has 0 saturated carbocycles. The van der Waals surface area contributed by atoms with Gasteiger partial charge in [0, 0.05) is 13.0 Å². The first-order valence-corrected chi connectivity index (χ1v) is 3.77. The predicted molar refractivity (Wildman–Crippen MR) is 41.4 cm³/mol. The molecule has 0 heterocycles. The summed E-state index contributed by atoms with van der Waals surface area (Å²) >= 11 is 0. The first-order valence-electron chi connectivity index (χ1n) is 3.77. The maximum Gasteiger partial charge on any atom is 0.303 e. The monoisotopic (exact) mass is 161 g/mol. The maximum atomic E-state index is 10.0. The van der Waals surface area contributed by atoms with Crippen LogP contribution in [-0.4, -0.2) is 35.4 Å². The molecule has 11 heavy (non-hydrogen) atoms. The molecule has 0 spiro atoms. The number of carboxylic acid groups (broad SMARTS) is 1. The number of aliphatic hydroxyl groups is 1. The predicted octanol–water partition coefficient (Wildman–Crippen LogP) is -0.178. The Morgan fingerprint density at radius 2 is 2.27 bits per heavy atom. The highest BCUT2D eigenvalue weighted by Crippen LogP contribution is 1.94. The van der Waals surface area contributed by atoms with E-state index in [2.05, 4.69) is 5.32 Å². The highest BCUT2D eigenvalue weighted by Gasteiger charge is 2.05. The highest BCUT2D eigenvalue weighted by molar-refractivity contribution is 5.66. The summed E-state index contributed by atoms with van der Waals surface area (Å²) in [5, 5.41) is 20.3. The zero-order valence-electron chi connectivity index (χ0n) is 6.71. The summed E-state index contributed by atoms with van der Waals surface area (Å²) in [7, 11) is 0. The second-order valence-corrected chi connectivity index (χ2v) is 2.39. The second-order valence-electron chi connectivity index (χ2n) is 2.39. The van der Waals surface area contributed by atoms with Crippen molar-refractivity contribution in [2.24, 2.45) is 0 Å².